The van der Waals surface area contributed by atoms with E-state index in [0.29, 0.717) is 6.54 Å². The van der Waals surface area contributed by atoms with E-state index in [1.165, 1.54) is 4.31 Å². The summed E-state index contributed by atoms with van der Waals surface area (Å²) in [7, 11) is -3.79. The SMILES string of the molecule is CC1(C)C[C@@H]2C[C@@](C)(CN2S(=O)(=O)c2ccc(F)c(F)c2)C1. The third-order valence-corrected chi connectivity index (χ3v) is 6.76. The minimum atomic E-state index is -3.79. The lowest BCUT2D eigenvalue weighted by atomic mass is 9.65. The molecule has 1 heterocycles. The highest BCUT2D eigenvalue weighted by Crippen LogP contribution is 2.53. The van der Waals surface area contributed by atoms with Gasteiger partial charge in [-0.25, -0.2) is 17.2 Å². The molecule has 2 aliphatic rings. The number of halogens is 2. The van der Waals surface area contributed by atoms with Gasteiger partial charge in [-0.2, -0.15) is 4.31 Å². The maximum absolute atomic E-state index is 13.4. The number of hydrogen-bond donors (Lipinski definition) is 0. The van der Waals surface area contributed by atoms with E-state index in [1.54, 1.807) is 0 Å². The molecular weight excluding hydrogens is 308 g/mol. The summed E-state index contributed by atoms with van der Waals surface area (Å²) in [6, 6.07) is 2.73. The first-order chi connectivity index (χ1) is 10.0. The fraction of sp³-hybridized carbons (Fsp3) is 0.625. The average molecular weight is 329 g/mol. The number of sulfonamides is 1. The maximum Gasteiger partial charge on any atom is 0.243 e. The highest BCUT2D eigenvalue weighted by Gasteiger charge is 2.53. The van der Waals surface area contributed by atoms with E-state index >= 15 is 0 Å². The van der Waals surface area contributed by atoms with Crippen molar-refractivity contribution in [3.63, 3.8) is 0 Å². The van der Waals surface area contributed by atoms with Crippen molar-refractivity contribution in [1.82, 2.24) is 4.31 Å². The van der Waals surface area contributed by atoms with Crippen molar-refractivity contribution >= 4 is 10.0 Å². The second kappa shape index (κ2) is 4.74. The van der Waals surface area contributed by atoms with Gasteiger partial charge in [0.1, 0.15) is 0 Å². The molecule has 122 valence electrons. The molecular formula is C16H21F2NO2S. The Bertz CT molecular complexity index is 717. The summed E-state index contributed by atoms with van der Waals surface area (Å²) in [6.45, 7) is 6.88. The van der Waals surface area contributed by atoms with Crippen LogP contribution in [0.2, 0.25) is 0 Å². The molecule has 1 aliphatic carbocycles. The smallest absolute Gasteiger partial charge is 0.207 e. The van der Waals surface area contributed by atoms with Gasteiger partial charge in [0.05, 0.1) is 4.90 Å². The summed E-state index contributed by atoms with van der Waals surface area (Å²) < 4.78 is 53.6. The molecule has 1 aromatic rings. The maximum atomic E-state index is 13.4. The van der Waals surface area contributed by atoms with Crippen molar-refractivity contribution in [2.45, 2.75) is 51.0 Å². The first-order valence-electron chi connectivity index (χ1n) is 7.49. The molecule has 0 spiro atoms. The predicted molar refractivity (Wildman–Crippen MR) is 79.8 cm³/mol. The first-order valence-corrected chi connectivity index (χ1v) is 8.93. The van der Waals surface area contributed by atoms with Gasteiger partial charge < -0.3 is 0 Å². The fourth-order valence-electron chi connectivity index (χ4n) is 4.46. The number of hydrogen-bond acceptors (Lipinski definition) is 2. The zero-order valence-corrected chi connectivity index (χ0v) is 13.9. The van der Waals surface area contributed by atoms with Crippen LogP contribution >= 0.6 is 0 Å². The minimum Gasteiger partial charge on any atom is -0.207 e. The zero-order chi connectivity index (χ0) is 16.3. The van der Waals surface area contributed by atoms with Gasteiger partial charge in [0.2, 0.25) is 10.0 Å². The molecule has 6 heteroatoms. The third-order valence-electron chi connectivity index (χ3n) is 4.86. The fourth-order valence-corrected chi connectivity index (χ4v) is 6.25. The van der Waals surface area contributed by atoms with Gasteiger partial charge in [0.25, 0.3) is 0 Å². The first kappa shape index (κ1) is 15.9. The monoisotopic (exact) mass is 329 g/mol. The molecule has 0 N–H and O–H groups in total. The van der Waals surface area contributed by atoms with Crippen LogP contribution in [-0.2, 0) is 10.0 Å². The summed E-state index contributed by atoms with van der Waals surface area (Å²) >= 11 is 0. The van der Waals surface area contributed by atoms with Crippen molar-refractivity contribution in [2.24, 2.45) is 10.8 Å². The zero-order valence-electron chi connectivity index (χ0n) is 13.1. The standard InChI is InChI=1S/C16H21F2NO2S/c1-15(2)7-11-8-16(3,9-15)10-19(11)22(20,21)12-4-5-13(17)14(18)6-12/h4-6,11H,7-10H2,1-3H3/t11-,16-/m1/s1. The van der Waals surface area contributed by atoms with Gasteiger partial charge in [-0.1, -0.05) is 20.8 Å². The van der Waals surface area contributed by atoms with Gasteiger partial charge in [-0.05, 0) is 48.3 Å². The van der Waals surface area contributed by atoms with Crippen LogP contribution in [0, 0.1) is 22.5 Å². The van der Waals surface area contributed by atoms with E-state index in [1.807, 2.05) is 0 Å². The van der Waals surface area contributed by atoms with E-state index in [0.717, 1.165) is 37.5 Å². The van der Waals surface area contributed by atoms with Gasteiger partial charge in [0, 0.05) is 12.6 Å². The normalized spacial score (nSPS) is 31.4. The van der Waals surface area contributed by atoms with Gasteiger partial charge in [-0.3, -0.25) is 0 Å². The second-order valence-electron chi connectivity index (χ2n) is 7.84. The van der Waals surface area contributed by atoms with Crippen LogP contribution in [0.15, 0.2) is 23.1 Å². The van der Waals surface area contributed by atoms with E-state index in [2.05, 4.69) is 20.8 Å². The summed E-state index contributed by atoms with van der Waals surface area (Å²) in [5, 5.41) is 0. The quantitative estimate of drug-likeness (QED) is 0.832. The lowest BCUT2D eigenvalue weighted by Crippen LogP contribution is -2.37. The second-order valence-corrected chi connectivity index (χ2v) is 9.73. The lowest BCUT2D eigenvalue weighted by Gasteiger charge is -2.39. The van der Waals surface area contributed by atoms with Crippen LogP contribution in [0.1, 0.15) is 40.0 Å². The van der Waals surface area contributed by atoms with Crippen molar-refractivity contribution < 1.29 is 17.2 Å². The van der Waals surface area contributed by atoms with E-state index in [9.17, 15) is 17.2 Å². The predicted octanol–water partition coefficient (Wildman–Crippen LogP) is 3.55. The topological polar surface area (TPSA) is 37.4 Å². The van der Waals surface area contributed by atoms with Crippen molar-refractivity contribution in [2.75, 3.05) is 6.54 Å². The number of benzene rings is 1. The molecule has 3 nitrogen and oxygen atoms in total. The molecule has 1 saturated heterocycles. The van der Waals surface area contributed by atoms with Crippen LogP contribution in [0.5, 0.6) is 0 Å². The Hall–Kier alpha value is -1.01. The van der Waals surface area contributed by atoms with Crippen molar-refractivity contribution in [3.05, 3.63) is 29.8 Å². The third kappa shape index (κ3) is 2.56. The highest BCUT2D eigenvalue weighted by molar-refractivity contribution is 7.89. The van der Waals surface area contributed by atoms with E-state index in [-0.39, 0.29) is 21.8 Å². The molecule has 0 unspecified atom stereocenters. The minimum absolute atomic E-state index is 0.0436. The van der Waals surface area contributed by atoms with Crippen molar-refractivity contribution in [3.8, 4) is 0 Å². The molecule has 1 saturated carbocycles. The van der Waals surface area contributed by atoms with Gasteiger partial charge in [0.15, 0.2) is 11.6 Å². The highest BCUT2D eigenvalue weighted by atomic mass is 32.2. The largest absolute Gasteiger partial charge is 0.243 e. The van der Waals surface area contributed by atoms with Crippen molar-refractivity contribution in [1.29, 1.82) is 0 Å². The molecule has 1 aromatic carbocycles. The molecule has 0 amide bonds. The lowest BCUT2D eigenvalue weighted by molar-refractivity contribution is 0.133. The summed E-state index contributed by atoms with van der Waals surface area (Å²) in [5.74, 6) is -2.16. The molecule has 3 rings (SSSR count). The molecule has 2 bridgehead atoms. The Morgan fingerprint density at radius 2 is 1.82 bits per heavy atom. The summed E-state index contributed by atoms with van der Waals surface area (Å²) in [5.41, 5.74) is 0.0496. The number of fused-ring (bicyclic) bond motifs is 2. The van der Waals surface area contributed by atoms with E-state index < -0.39 is 21.7 Å². The number of nitrogens with zero attached hydrogens (tertiary/aromatic N) is 1. The molecule has 22 heavy (non-hydrogen) atoms. The Morgan fingerprint density at radius 3 is 2.45 bits per heavy atom. The van der Waals surface area contributed by atoms with Crippen LogP contribution in [-0.4, -0.2) is 25.3 Å². The van der Waals surface area contributed by atoms with Gasteiger partial charge in [-0.15, -0.1) is 0 Å². The average Bonchev–Trinajstić information content (AvgIpc) is 2.62. The summed E-state index contributed by atoms with van der Waals surface area (Å²) in [4.78, 5) is -0.166. The molecule has 2 fully saturated rings. The van der Waals surface area contributed by atoms with Crippen LogP contribution in [0.25, 0.3) is 0 Å². The molecule has 0 radical (unpaired) electrons. The Labute approximate surface area is 130 Å². The Balaban J connectivity index is 1.98. The molecule has 1 aliphatic heterocycles. The molecule has 0 aromatic heterocycles. The molecule has 2 atom stereocenters. The van der Waals surface area contributed by atoms with Crippen LogP contribution in [0.4, 0.5) is 8.78 Å². The van der Waals surface area contributed by atoms with Gasteiger partial charge >= 0.3 is 0 Å². The van der Waals surface area contributed by atoms with Crippen LogP contribution in [0.3, 0.4) is 0 Å². The summed E-state index contributed by atoms with van der Waals surface area (Å²) in [6.07, 6.45) is 2.60. The number of rotatable bonds is 2. The van der Waals surface area contributed by atoms with Crippen LogP contribution < -0.4 is 0 Å². The Kier molecular flexibility index (Phi) is 3.42. The van der Waals surface area contributed by atoms with E-state index in [4.69, 9.17) is 0 Å². The Morgan fingerprint density at radius 1 is 1.14 bits per heavy atom.